The van der Waals surface area contributed by atoms with Gasteiger partial charge in [0.25, 0.3) is 0 Å². The van der Waals surface area contributed by atoms with Crippen LogP contribution in [0.5, 0.6) is 0 Å². The first kappa shape index (κ1) is 15.2. The Bertz CT molecular complexity index is 217. The summed E-state index contributed by atoms with van der Waals surface area (Å²) in [5, 5.41) is 0. The summed E-state index contributed by atoms with van der Waals surface area (Å²) in [6, 6.07) is 0. The van der Waals surface area contributed by atoms with Crippen LogP contribution < -0.4 is 0 Å². The smallest absolute Gasteiger partial charge is 0.372 e. The number of hydrogen-bond acceptors (Lipinski definition) is 2. The number of carbonyl (C=O) groups is 1. The second-order valence-corrected chi connectivity index (χ2v) is 3.92. The number of hydrogen-bond donors (Lipinski definition) is 0. The Labute approximate surface area is 93.6 Å². The van der Waals surface area contributed by atoms with Gasteiger partial charge in [0.2, 0.25) is 5.91 Å². The maximum absolute atomic E-state index is 12.2. The molecule has 16 heavy (non-hydrogen) atoms. The highest BCUT2D eigenvalue weighted by Crippen LogP contribution is 2.17. The highest BCUT2D eigenvalue weighted by atomic mass is 19.4. The Kier molecular flexibility index (Phi) is 6.40. The molecule has 96 valence electrons. The minimum absolute atomic E-state index is 0.00655. The number of nitrogens with zero attached hydrogens (tertiary/aromatic N) is 1. The molecule has 0 bridgehead atoms. The van der Waals surface area contributed by atoms with E-state index < -0.39 is 18.6 Å². The zero-order valence-corrected chi connectivity index (χ0v) is 9.80. The lowest BCUT2D eigenvalue weighted by Gasteiger charge is -2.25. The summed E-state index contributed by atoms with van der Waals surface area (Å²) in [4.78, 5) is 12.2. The number of alkyl halides is 3. The van der Waals surface area contributed by atoms with E-state index in [4.69, 9.17) is 4.74 Å². The highest BCUT2D eigenvalue weighted by Gasteiger charge is 2.33. The normalized spacial score (nSPS) is 11.9. The van der Waals surface area contributed by atoms with Crippen LogP contribution in [0.4, 0.5) is 13.2 Å². The average Bonchev–Trinajstić information content (AvgIpc) is 2.10. The van der Waals surface area contributed by atoms with Crippen molar-refractivity contribution in [2.45, 2.75) is 26.9 Å². The molecule has 6 heteroatoms. The molecule has 0 rings (SSSR count). The Morgan fingerprint density at radius 1 is 1.38 bits per heavy atom. The summed E-state index contributed by atoms with van der Waals surface area (Å²) in [5.74, 6) is -0.624. The van der Waals surface area contributed by atoms with Gasteiger partial charge in [-0.05, 0) is 12.8 Å². The third kappa shape index (κ3) is 7.50. The van der Waals surface area contributed by atoms with Gasteiger partial charge in [0, 0.05) is 13.2 Å². The predicted molar refractivity (Wildman–Crippen MR) is 54.0 cm³/mol. The van der Waals surface area contributed by atoms with Crippen molar-refractivity contribution in [3.8, 4) is 0 Å². The molecule has 0 unspecified atom stereocenters. The Balaban J connectivity index is 4.35. The zero-order valence-electron chi connectivity index (χ0n) is 9.80. The third-order valence-corrected chi connectivity index (χ3v) is 1.74. The van der Waals surface area contributed by atoms with Crippen molar-refractivity contribution in [2.24, 2.45) is 5.92 Å². The van der Waals surface area contributed by atoms with Crippen LogP contribution in [0.25, 0.3) is 0 Å². The van der Waals surface area contributed by atoms with E-state index in [-0.39, 0.29) is 19.1 Å². The molecule has 0 atom stereocenters. The number of carbonyl (C=O) groups excluding carboxylic acids is 1. The molecule has 0 radical (unpaired) electrons. The minimum atomic E-state index is -4.36. The average molecular weight is 241 g/mol. The van der Waals surface area contributed by atoms with Crippen molar-refractivity contribution in [3.05, 3.63) is 0 Å². The fourth-order valence-electron chi connectivity index (χ4n) is 1.19. The standard InChI is InChI=1S/C10H18F3NO2/c1-4-16-6-9(15)14(5-8(2)3)7-10(11,12)13/h8H,4-7H2,1-3H3. The molecule has 0 aliphatic rings. The van der Waals surface area contributed by atoms with Crippen LogP contribution in [0.3, 0.4) is 0 Å². The van der Waals surface area contributed by atoms with Gasteiger partial charge in [0.1, 0.15) is 13.2 Å². The van der Waals surface area contributed by atoms with Crippen molar-refractivity contribution in [1.82, 2.24) is 4.90 Å². The maximum Gasteiger partial charge on any atom is 0.406 e. The van der Waals surface area contributed by atoms with Crippen LogP contribution in [-0.2, 0) is 9.53 Å². The van der Waals surface area contributed by atoms with Gasteiger partial charge >= 0.3 is 6.18 Å². The number of ether oxygens (including phenoxy) is 1. The van der Waals surface area contributed by atoms with E-state index in [0.717, 1.165) is 4.90 Å². The lowest BCUT2D eigenvalue weighted by Crippen LogP contribution is -2.42. The lowest BCUT2D eigenvalue weighted by atomic mass is 10.2. The molecule has 0 aromatic heterocycles. The fourth-order valence-corrected chi connectivity index (χ4v) is 1.19. The van der Waals surface area contributed by atoms with Gasteiger partial charge in [0.05, 0.1) is 0 Å². The van der Waals surface area contributed by atoms with E-state index in [1.165, 1.54) is 0 Å². The number of rotatable bonds is 6. The summed E-state index contributed by atoms with van der Waals surface area (Å²) >= 11 is 0. The van der Waals surface area contributed by atoms with Crippen LogP contribution in [0.1, 0.15) is 20.8 Å². The summed E-state index contributed by atoms with van der Waals surface area (Å²) in [5.41, 5.74) is 0. The van der Waals surface area contributed by atoms with Crippen molar-refractivity contribution < 1.29 is 22.7 Å². The molecular formula is C10H18F3NO2. The first-order chi connectivity index (χ1) is 7.26. The second kappa shape index (κ2) is 6.73. The van der Waals surface area contributed by atoms with Gasteiger partial charge in [-0.1, -0.05) is 13.8 Å². The second-order valence-electron chi connectivity index (χ2n) is 3.92. The van der Waals surface area contributed by atoms with Crippen LogP contribution in [-0.4, -0.2) is 43.3 Å². The van der Waals surface area contributed by atoms with Crippen molar-refractivity contribution in [1.29, 1.82) is 0 Å². The van der Waals surface area contributed by atoms with Crippen LogP contribution in [0, 0.1) is 5.92 Å². The first-order valence-electron chi connectivity index (χ1n) is 5.18. The molecule has 0 heterocycles. The van der Waals surface area contributed by atoms with Crippen LogP contribution in [0.2, 0.25) is 0 Å². The monoisotopic (exact) mass is 241 g/mol. The van der Waals surface area contributed by atoms with Gasteiger partial charge < -0.3 is 9.64 Å². The van der Waals surface area contributed by atoms with E-state index in [2.05, 4.69) is 0 Å². The highest BCUT2D eigenvalue weighted by molar-refractivity contribution is 5.77. The third-order valence-electron chi connectivity index (χ3n) is 1.74. The summed E-state index contributed by atoms with van der Waals surface area (Å²) in [6.45, 7) is 4.10. The minimum Gasteiger partial charge on any atom is -0.372 e. The SMILES string of the molecule is CCOCC(=O)N(CC(C)C)CC(F)(F)F. The van der Waals surface area contributed by atoms with E-state index >= 15 is 0 Å². The molecule has 1 amide bonds. The molecule has 0 N–H and O–H groups in total. The van der Waals surface area contributed by atoms with Crippen molar-refractivity contribution in [3.63, 3.8) is 0 Å². The van der Waals surface area contributed by atoms with Crippen LogP contribution in [0.15, 0.2) is 0 Å². The molecule has 0 spiro atoms. The van der Waals surface area contributed by atoms with E-state index in [1.807, 2.05) is 0 Å². The van der Waals surface area contributed by atoms with E-state index in [1.54, 1.807) is 20.8 Å². The fraction of sp³-hybridized carbons (Fsp3) is 0.900. The number of halogens is 3. The lowest BCUT2D eigenvalue weighted by molar-refractivity contribution is -0.164. The van der Waals surface area contributed by atoms with E-state index in [9.17, 15) is 18.0 Å². The number of amides is 1. The Hall–Kier alpha value is -0.780. The first-order valence-corrected chi connectivity index (χ1v) is 5.18. The van der Waals surface area contributed by atoms with Crippen molar-refractivity contribution in [2.75, 3.05) is 26.3 Å². The Morgan fingerprint density at radius 3 is 2.31 bits per heavy atom. The maximum atomic E-state index is 12.2. The zero-order chi connectivity index (χ0) is 12.8. The molecule has 0 fully saturated rings. The summed E-state index contributed by atoms with van der Waals surface area (Å²) in [6.07, 6.45) is -4.36. The van der Waals surface area contributed by atoms with Gasteiger partial charge in [-0.25, -0.2) is 0 Å². The molecule has 0 saturated heterocycles. The van der Waals surface area contributed by atoms with Crippen LogP contribution >= 0.6 is 0 Å². The summed E-state index contributed by atoms with van der Waals surface area (Å²) in [7, 11) is 0. The topological polar surface area (TPSA) is 29.5 Å². The molecule has 3 nitrogen and oxygen atoms in total. The molecule has 0 aromatic rings. The van der Waals surface area contributed by atoms with Gasteiger partial charge in [-0.15, -0.1) is 0 Å². The quantitative estimate of drug-likeness (QED) is 0.712. The molecule has 0 aliphatic carbocycles. The molecule has 0 aliphatic heterocycles. The van der Waals surface area contributed by atoms with Gasteiger partial charge in [0.15, 0.2) is 0 Å². The van der Waals surface area contributed by atoms with Crippen molar-refractivity contribution >= 4 is 5.91 Å². The van der Waals surface area contributed by atoms with Gasteiger partial charge in [-0.2, -0.15) is 13.2 Å². The molecular weight excluding hydrogens is 223 g/mol. The largest absolute Gasteiger partial charge is 0.406 e. The molecule has 0 saturated carbocycles. The summed E-state index contributed by atoms with van der Waals surface area (Å²) < 4.78 is 41.4. The van der Waals surface area contributed by atoms with Gasteiger partial charge in [-0.3, -0.25) is 4.79 Å². The molecule has 0 aromatic carbocycles. The van der Waals surface area contributed by atoms with E-state index in [0.29, 0.717) is 6.61 Å². The Morgan fingerprint density at radius 2 is 1.94 bits per heavy atom. The predicted octanol–water partition coefficient (Wildman–Crippen LogP) is 2.07.